The Labute approximate surface area is 656 Å². The number of nitrogens with zero attached hydrogens (tertiary/aromatic N) is 7. The molecule has 0 spiro atoms. The fourth-order valence-electron chi connectivity index (χ4n) is 10.8. The zero-order valence-corrected chi connectivity index (χ0v) is 65.6. The van der Waals surface area contributed by atoms with Crippen molar-refractivity contribution in [2.45, 2.75) is 32.4 Å². The van der Waals surface area contributed by atoms with E-state index >= 15 is 8.78 Å². The molecule has 108 heavy (non-hydrogen) atoms. The van der Waals surface area contributed by atoms with Gasteiger partial charge in [-0.05, 0) is 196 Å². The van der Waals surface area contributed by atoms with Gasteiger partial charge in [0.15, 0.2) is 5.75 Å². The number of pyridine rings is 3. The predicted octanol–water partition coefficient (Wildman–Crippen LogP) is 13.0. The van der Waals surface area contributed by atoms with E-state index < -0.39 is 107 Å². The number of benzene rings is 7. The Morgan fingerprint density at radius 2 is 0.907 bits per heavy atom. The first-order valence-electron chi connectivity index (χ1n) is 31.0. The Morgan fingerprint density at radius 1 is 0.519 bits per heavy atom. The molecule has 0 radical (unpaired) electrons. The first-order chi connectivity index (χ1) is 50.9. The molecule has 0 aliphatic heterocycles. The summed E-state index contributed by atoms with van der Waals surface area (Å²) in [5.74, 6) is -2.73. The van der Waals surface area contributed by atoms with Gasteiger partial charge in [0.1, 0.15) is 85.4 Å². The maximum absolute atomic E-state index is 15.4. The highest BCUT2D eigenvalue weighted by Gasteiger charge is 2.49. The van der Waals surface area contributed by atoms with Gasteiger partial charge in [-0.3, -0.25) is 51.6 Å². The summed E-state index contributed by atoms with van der Waals surface area (Å²) in [6.45, 7) is 2.89. The molecule has 0 fully saturated rings. The van der Waals surface area contributed by atoms with Crippen LogP contribution >= 0.6 is 91.0 Å². The standard InChI is InChI=1S/C29H22ClFIN3O5.C23H16F4IN3O7S.C20H16ClFIN3O3/c1-16-20(30)5-4-6-23(16)40-24-14-25(36)33(2)27-26(24)28(37)34(15-17-7-10-19(39-3)11-8-17)29(38)35(27)22-12-9-18(32)13-21(22)31;1-29-18(32)10-17(38-39(35,36)23(25,26)27)19-20(29)31(16-8-5-13(28)9-15(16)24)22(34)30(21(19)33)11-12-3-6-14(37-2)7-4-12;1-10-12(21)4-3-5-15(10)29-16-9-17(27)26(2)20(18(16)19(24)28)25-14-7-6-11(23)8-13(14)22/h4-14H,15H2,1-3H3;3-10H,11H2,1-2H3;3-9,25H,1-2H3,(H2,24,28). The van der Waals surface area contributed by atoms with E-state index in [1.165, 1.54) is 89.0 Å². The number of amides is 1. The average Bonchev–Trinajstić information content (AvgIpc) is 0.731. The number of hydrogen-bond donors (Lipinski definition) is 2. The molecule has 0 aliphatic rings. The number of alkyl halides is 3. The van der Waals surface area contributed by atoms with Crippen LogP contribution in [0.15, 0.2) is 191 Å². The van der Waals surface area contributed by atoms with Gasteiger partial charge in [0.2, 0.25) is 0 Å². The molecule has 0 unspecified atom stereocenters. The summed E-state index contributed by atoms with van der Waals surface area (Å²) in [7, 11) is 0.525. The predicted molar refractivity (Wildman–Crippen MR) is 418 cm³/mol. The number of methoxy groups -OCH3 is 2. The highest BCUT2D eigenvalue weighted by atomic mass is 127. The molecule has 3 N–H and O–H groups in total. The summed E-state index contributed by atoms with van der Waals surface area (Å²) in [4.78, 5) is 106. The van der Waals surface area contributed by atoms with Gasteiger partial charge in [-0.2, -0.15) is 21.6 Å². The molecule has 24 nitrogen and oxygen atoms in total. The summed E-state index contributed by atoms with van der Waals surface area (Å²) < 4.78 is 142. The van der Waals surface area contributed by atoms with Crippen LogP contribution in [-0.2, 0) is 44.4 Å². The van der Waals surface area contributed by atoms with Crippen LogP contribution in [0.5, 0.6) is 40.2 Å². The Morgan fingerprint density at radius 3 is 1.31 bits per heavy atom. The highest BCUT2D eigenvalue weighted by molar-refractivity contribution is 14.1. The number of anilines is 2. The molecule has 0 saturated heterocycles. The number of fused-ring (bicyclic) bond motifs is 2. The van der Waals surface area contributed by atoms with Gasteiger partial charge in [0.25, 0.3) is 33.7 Å². The molecular weight excluding hydrogens is 1830 g/mol. The molecule has 1 amide bonds. The third kappa shape index (κ3) is 16.8. The van der Waals surface area contributed by atoms with Gasteiger partial charge in [-0.15, -0.1) is 0 Å². The summed E-state index contributed by atoms with van der Waals surface area (Å²) in [5, 5.41) is 2.73. The second kappa shape index (κ2) is 32.7. The van der Waals surface area contributed by atoms with Crippen molar-refractivity contribution in [3.05, 3.63) is 296 Å². The molecule has 0 saturated carbocycles. The lowest BCUT2D eigenvalue weighted by Gasteiger charge is -2.19. The molecule has 0 aliphatic carbocycles. The van der Waals surface area contributed by atoms with E-state index in [-0.39, 0.29) is 51.8 Å². The van der Waals surface area contributed by atoms with E-state index in [9.17, 15) is 64.3 Å². The zero-order chi connectivity index (χ0) is 78.9. The molecule has 0 atom stereocenters. The first-order valence-corrected chi connectivity index (χ1v) is 36.4. The lowest BCUT2D eigenvalue weighted by molar-refractivity contribution is -0.0499. The number of aryl methyl sites for hydroxylation is 2. The molecule has 5 aromatic heterocycles. The highest BCUT2D eigenvalue weighted by Crippen LogP contribution is 2.37. The minimum absolute atomic E-state index is 0.0137. The van der Waals surface area contributed by atoms with Crippen LogP contribution in [0.25, 0.3) is 33.4 Å². The number of ether oxygens (including phenoxy) is 4. The van der Waals surface area contributed by atoms with E-state index in [0.29, 0.717) is 85.8 Å². The lowest BCUT2D eigenvalue weighted by Crippen LogP contribution is -2.42. The van der Waals surface area contributed by atoms with E-state index in [1.807, 2.05) is 45.2 Å². The van der Waals surface area contributed by atoms with Gasteiger partial charge in [0, 0.05) is 71.2 Å². The Balaban J connectivity index is 0.000000175. The number of rotatable bonds is 17. The largest absolute Gasteiger partial charge is 0.534 e. The molecular formula is C72H54Cl2F6I3N9O15S. The number of carbonyl (C=O) groups excluding carboxylic acids is 1. The van der Waals surface area contributed by atoms with Gasteiger partial charge in [0.05, 0.1) is 44.4 Å². The number of aromatic nitrogens is 7. The van der Waals surface area contributed by atoms with Crippen LogP contribution in [-0.4, -0.2) is 66.0 Å². The third-order valence-electron chi connectivity index (χ3n) is 16.4. The maximum Gasteiger partial charge on any atom is 0.534 e. The number of primary amides is 1. The quantitative estimate of drug-likeness (QED) is 0.0371. The monoisotopic (exact) mass is 1880 g/mol. The van der Waals surface area contributed by atoms with Gasteiger partial charge >= 0.3 is 27.0 Å². The fourth-order valence-corrected chi connectivity index (χ4v) is 12.9. The maximum atomic E-state index is 15.4. The molecule has 12 aromatic rings. The van der Waals surface area contributed by atoms with Crippen molar-refractivity contribution in [3.8, 4) is 51.6 Å². The van der Waals surface area contributed by atoms with Crippen molar-refractivity contribution in [1.29, 1.82) is 0 Å². The van der Waals surface area contributed by atoms with Gasteiger partial charge < -0.3 is 34.2 Å². The van der Waals surface area contributed by atoms with E-state index in [0.717, 1.165) is 43.5 Å². The Kier molecular flexibility index (Phi) is 24.4. The van der Waals surface area contributed by atoms with Crippen molar-refractivity contribution < 1.29 is 62.7 Å². The van der Waals surface area contributed by atoms with Crippen molar-refractivity contribution in [2.75, 3.05) is 19.5 Å². The minimum Gasteiger partial charge on any atom is -0.497 e. The second-order valence-corrected chi connectivity index (χ2v) is 29.4. The van der Waals surface area contributed by atoms with Crippen LogP contribution in [0.2, 0.25) is 10.0 Å². The molecule has 12 rings (SSSR count). The van der Waals surface area contributed by atoms with Crippen LogP contribution < -0.4 is 73.4 Å². The van der Waals surface area contributed by atoms with Crippen molar-refractivity contribution in [1.82, 2.24) is 32.0 Å². The number of carbonyl (C=O) groups is 1. The molecule has 7 aromatic carbocycles. The van der Waals surface area contributed by atoms with Crippen LogP contribution in [0.1, 0.15) is 32.6 Å². The SMILES string of the molecule is COc1ccc(Cn2c(=O)c3c(OS(=O)(=O)C(F)(F)F)cc(=O)n(C)c3n(-c3ccc(I)cc3F)c2=O)cc1.COc1ccc(Cn2c(=O)c3c(Oc4cccc(Cl)c4C)cc(=O)n(C)c3n(-c3ccc(I)cc3F)c2=O)cc1.Cc1c(Cl)cccc1Oc1cc(=O)n(C)c(Nc2ccc(I)cc2F)c1C(N)=O. The fraction of sp³-hybridized carbons (Fsp3) is 0.139. The summed E-state index contributed by atoms with van der Waals surface area (Å²) in [6, 6.07) is 38.0. The normalized spacial score (nSPS) is 11.4. The van der Waals surface area contributed by atoms with Crippen LogP contribution in [0.4, 0.5) is 37.8 Å². The second-order valence-electron chi connectivity index (χ2n) is 23.3. The van der Waals surface area contributed by atoms with Crippen molar-refractivity contribution >= 4 is 141 Å². The van der Waals surface area contributed by atoms with E-state index in [4.69, 9.17) is 47.9 Å². The smallest absolute Gasteiger partial charge is 0.497 e. The van der Waals surface area contributed by atoms with Crippen molar-refractivity contribution in [2.24, 2.45) is 26.9 Å². The van der Waals surface area contributed by atoms with Crippen LogP contribution in [0, 0.1) is 42.0 Å². The molecule has 560 valence electrons. The average molecular weight is 1880 g/mol. The molecule has 36 heteroatoms. The van der Waals surface area contributed by atoms with E-state index in [2.05, 4.69) is 9.50 Å². The molecule has 0 bridgehead atoms. The van der Waals surface area contributed by atoms with Gasteiger partial charge in [-0.25, -0.2) is 31.9 Å². The summed E-state index contributed by atoms with van der Waals surface area (Å²) >= 11 is 18.1. The van der Waals surface area contributed by atoms with Crippen LogP contribution in [0.3, 0.4) is 0 Å². The minimum atomic E-state index is -6.34. The Hall–Kier alpha value is -10.2. The van der Waals surface area contributed by atoms with Crippen molar-refractivity contribution in [3.63, 3.8) is 0 Å². The third-order valence-corrected chi connectivity index (χ3v) is 20.2. The zero-order valence-electron chi connectivity index (χ0n) is 56.8. The number of halogens is 11. The van der Waals surface area contributed by atoms with Gasteiger partial charge in [-0.1, -0.05) is 59.6 Å². The molecule has 5 heterocycles. The number of hydrogen-bond acceptors (Lipinski definition) is 16. The summed E-state index contributed by atoms with van der Waals surface area (Å²) in [6.07, 6.45) is 0. The van der Waals surface area contributed by atoms with E-state index in [1.54, 1.807) is 109 Å². The topological polar surface area (TPSA) is 289 Å². The number of nitrogens with one attached hydrogen (secondary N) is 1. The number of nitrogens with two attached hydrogens (primary N) is 1. The Bertz CT molecular complexity index is 6220. The lowest BCUT2D eigenvalue weighted by atomic mass is 10.2. The first kappa shape index (κ1) is 80.4. The summed E-state index contributed by atoms with van der Waals surface area (Å²) in [5.41, 5.74) is -5.64.